The highest BCUT2D eigenvalue weighted by atomic mass is 32.1. The van der Waals surface area contributed by atoms with Gasteiger partial charge in [-0.3, -0.25) is 0 Å². The Labute approximate surface area is 146 Å². The van der Waals surface area contributed by atoms with Crippen molar-refractivity contribution in [3.63, 3.8) is 0 Å². The maximum atomic E-state index is 4.25. The summed E-state index contributed by atoms with van der Waals surface area (Å²) in [5.41, 5.74) is 2.30. The minimum atomic E-state index is -1.69. The average Bonchev–Trinajstić information content (AvgIpc) is 3.02. The molecule has 118 valence electrons. The Morgan fingerprint density at radius 3 is 1.50 bits per heavy atom. The molecule has 0 atom stereocenters. The van der Waals surface area contributed by atoms with Gasteiger partial charge in [0, 0.05) is 9.75 Å². The molecule has 2 aromatic heterocycles. The molecular weight excluding hydrogens is 353 g/mol. The summed E-state index contributed by atoms with van der Waals surface area (Å²) in [5.74, 6) is 0. The molecule has 0 bridgehead atoms. The Morgan fingerprint density at radius 1 is 0.864 bits per heavy atom. The van der Waals surface area contributed by atoms with Crippen molar-refractivity contribution in [2.75, 3.05) is 0 Å². The third-order valence-electron chi connectivity index (χ3n) is 4.68. The third kappa shape index (κ3) is 2.33. The molecule has 0 spiro atoms. The first-order chi connectivity index (χ1) is 9.98. The topological polar surface area (TPSA) is 0 Å². The second-order valence-corrected chi connectivity index (χ2v) is 25.4. The van der Waals surface area contributed by atoms with Crippen LogP contribution in [0.15, 0.2) is 24.4 Å². The minimum Gasteiger partial charge on any atom is -0.144 e. The first-order valence-corrected chi connectivity index (χ1v) is 19.1. The van der Waals surface area contributed by atoms with Gasteiger partial charge in [-0.25, -0.2) is 0 Å². The van der Waals surface area contributed by atoms with Crippen LogP contribution in [0.5, 0.6) is 0 Å². The highest BCUT2D eigenvalue weighted by Crippen LogP contribution is 2.36. The molecular formula is C17H26S2Si3. The molecule has 2 aromatic rings. The maximum absolute atomic E-state index is 4.25. The molecule has 0 aromatic carbocycles. The lowest BCUT2D eigenvalue weighted by Gasteiger charge is -2.20. The molecule has 0 aliphatic carbocycles. The molecule has 3 heterocycles. The lowest BCUT2D eigenvalue weighted by atomic mass is 10.4. The van der Waals surface area contributed by atoms with Crippen LogP contribution in [0, 0.1) is 0 Å². The van der Waals surface area contributed by atoms with Gasteiger partial charge in [-0.2, -0.15) is 0 Å². The molecule has 22 heavy (non-hydrogen) atoms. The number of fused-ring (bicyclic) bond motifs is 3. The van der Waals surface area contributed by atoms with E-state index in [1.54, 1.807) is 29.1 Å². The molecule has 0 radical (unpaired) electrons. The van der Waals surface area contributed by atoms with Crippen LogP contribution in [0.4, 0.5) is 0 Å². The van der Waals surface area contributed by atoms with Crippen LogP contribution >= 0.6 is 22.7 Å². The van der Waals surface area contributed by atoms with Crippen LogP contribution in [0.2, 0.25) is 45.8 Å². The Bertz CT molecular complexity index is 696. The van der Waals surface area contributed by atoms with Gasteiger partial charge in [0.1, 0.15) is 8.07 Å². The van der Waals surface area contributed by atoms with E-state index in [1.807, 2.05) is 0 Å². The highest BCUT2D eigenvalue weighted by Gasteiger charge is 2.44. The van der Waals surface area contributed by atoms with E-state index < -0.39 is 24.2 Å². The predicted molar refractivity (Wildman–Crippen MR) is 115 cm³/mol. The van der Waals surface area contributed by atoms with Gasteiger partial charge in [0.2, 0.25) is 0 Å². The van der Waals surface area contributed by atoms with E-state index in [9.17, 15) is 0 Å². The van der Waals surface area contributed by atoms with Crippen LogP contribution in [0.25, 0.3) is 9.75 Å². The van der Waals surface area contributed by atoms with Crippen molar-refractivity contribution in [3.05, 3.63) is 24.4 Å². The second kappa shape index (κ2) is 4.89. The van der Waals surface area contributed by atoms with E-state index in [4.69, 9.17) is 0 Å². The number of hydrogen-bond donors (Lipinski definition) is 0. The summed E-state index contributed by atoms with van der Waals surface area (Å²) in [6.45, 7) is 21.5. The molecule has 0 unspecified atom stereocenters. The highest BCUT2D eigenvalue weighted by molar-refractivity contribution is 7.38. The Hall–Kier alpha value is -0.209. The summed E-state index contributed by atoms with van der Waals surface area (Å²) in [7, 11) is -4.15. The van der Waals surface area contributed by atoms with Crippen molar-refractivity contribution < 1.29 is 0 Å². The van der Waals surface area contributed by atoms with Gasteiger partial charge in [0.25, 0.3) is 0 Å². The van der Waals surface area contributed by atoms with Gasteiger partial charge < -0.3 is 0 Å². The van der Waals surface area contributed by atoms with E-state index >= 15 is 0 Å². The molecule has 0 N–H and O–H groups in total. The summed E-state index contributed by atoms with van der Waals surface area (Å²) in [6, 6.07) is 5.11. The van der Waals surface area contributed by atoms with Gasteiger partial charge in [0.05, 0.1) is 16.1 Å². The van der Waals surface area contributed by atoms with Crippen LogP contribution in [-0.4, -0.2) is 24.2 Å². The van der Waals surface area contributed by atoms with E-state index in [2.05, 4.69) is 92.9 Å². The fourth-order valence-electron chi connectivity index (χ4n) is 3.00. The molecule has 0 amide bonds. The van der Waals surface area contributed by atoms with Crippen LogP contribution in [0.1, 0.15) is 0 Å². The first-order valence-electron chi connectivity index (χ1n) is 7.92. The fourth-order valence-corrected chi connectivity index (χ4v) is 14.1. The van der Waals surface area contributed by atoms with Gasteiger partial charge >= 0.3 is 0 Å². The average molecular weight is 379 g/mol. The molecule has 5 heteroatoms. The Kier molecular flexibility index (Phi) is 3.70. The van der Waals surface area contributed by atoms with Crippen molar-refractivity contribution in [2.24, 2.45) is 0 Å². The molecule has 0 saturated carbocycles. The zero-order valence-electron chi connectivity index (χ0n) is 14.8. The smallest absolute Gasteiger partial charge is 0.141 e. The van der Waals surface area contributed by atoms with E-state index in [1.165, 1.54) is 0 Å². The molecule has 3 rings (SSSR count). The summed E-state index contributed by atoms with van der Waals surface area (Å²) in [5, 5.41) is 3.29. The largest absolute Gasteiger partial charge is 0.144 e. The lowest BCUT2D eigenvalue weighted by molar-refractivity contribution is 1.79. The number of thiophene rings is 2. The third-order valence-corrected chi connectivity index (χ3v) is 18.5. The zero-order valence-corrected chi connectivity index (χ0v) is 19.4. The maximum Gasteiger partial charge on any atom is 0.141 e. The SMILES string of the molecule is C=C[Si]1(C)c2cc([Si](C)(C)C)sc2-c2sc([Si](C)(C)C)cc21. The molecule has 1 aliphatic heterocycles. The monoisotopic (exact) mass is 378 g/mol. The summed E-state index contributed by atoms with van der Waals surface area (Å²) in [4.78, 5) is 3.19. The van der Waals surface area contributed by atoms with Gasteiger partial charge in [0.15, 0.2) is 0 Å². The van der Waals surface area contributed by atoms with Crippen molar-refractivity contribution in [2.45, 2.75) is 45.8 Å². The van der Waals surface area contributed by atoms with Gasteiger partial charge in [-0.05, 0) is 19.4 Å². The number of rotatable bonds is 3. The van der Waals surface area contributed by atoms with Gasteiger partial charge in [-0.1, -0.05) is 63.7 Å². The van der Waals surface area contributed by atoms with Crippen molar-refractivity contribution in [1.29, 1.82) is 0 Å². The normalized spacial score (nSPS) is 16.5. The van der Waals surface area contributed by atoms with E-state index in [-0.39, 0.29) is 0 Å². The van der Waals surface area contributed by atoms with Crippen molar-refractivity contribution in [3.8, 4) is 9.75 Å². The number of hydrogen-bond acceptors (Lipinski definition) is 2. The standard InChI is InChI=1S/C17H26S2Si3/c1-9-22(8)12-10-14(20(2,3)4)18-16(12)17-13(22)11-15(19-17)21(5,6)7/h9-11H,1H2,2-8H3. The van der Waals surface area contributed by atoms with Crippen LogP contribution < -0.4 is 19.4 Å². The lowest BCUT2D eigenvalue weighted by Crippen LogP contribution is -2.52. The Morgan fingerprint density at radius 2 is 1.23 bits per heavy atom. The quantitative estimate of drug-likeness (QED) is 0.713. The zero-order chi connectivity index (χ0) is 16.5. The molecule has 1 aliphatic rings. The predicted octanol–water partition coefficient (Wildman–Crippen LogP) is 3.80. The first kappa shape index (κ1) is 16.6. The summed E-state index contributed by atoms with van der Waals surface area (Å²) >= 11 is 4.18. The second-order valence-electron chi connectivity index (χ2n) is 8.61. The summed E-state index contributed by atoms with van der Waals surface area (Å²) in [6.07, 6.45) is 0. The van der Waals surface area contributed by atoms with Gasteiger partial charge in [-0.15, -0.1) is 29.3 Å². The molecule has 0 saturated heterocycles. The summed E-state index contributed by atoms with van der Waals surface area (Å²) < 4.78 is 3.32. The van der Waals surface area contributed by atoms with Crippen LogP contribution in [-0.2, 0) is 0 Å². The minimum absolute atomic E-state index is 1.23. The Balaban J connectivity index is 2.26. The van der Waals surface area contributed by atoms with Crippen molar-refractivity contribution >= 4 is 66.3 Å². The fraction of sp³-hybridized carbons (Fsp3) is 0.412. The van der Waals surface area contributed by atoms with E-state index in [0.29, 0.717) is 0 Å². The molecule has 0 nitrogen and oxygen atoms in total. The van der Waals surface area contributed by atoms with Crippen LogP contribution in [0.3, 0.4) is 0 Å². The van der Waals surface area contributed by atoms with Crippen molar-refractivity contribution in [1.82, 2.24) is 0 Å². The van der Waals surface area contributed by atoms with E-state index in [0.717, 1.165) is 0 Å². The molecule has 0 fully saturated rings.